The molecule has 3 rings (SSSR count). The first-order valence-corrected chi connectivity index (χ1v) is 12.3. The Bertz CT molecular complexity index is 1020. The van der Waals surface area contributed by atoms with Crippen LogP contribution in [0.15, 0.2) is 47.5 Å². The third kappa shape index (κ3) is 5.83. The number of aromatic nitrogens is 1. The van der Waals surface area contributed by atoms with Gasteiger partial charge in [0.05, 0.1) is 12.6 Å². The number of carbonyl (C=O) groups excluding carboxylic acids is 1. The van der Waals surface area contributed by atoms with Crippen LogP contribution in [0.4, 0.5) is 4.39 Å². The Hall–Kier alpha value is -2.07. The Morgan fingerprint density at radius 1 is 1.25 bits per heavy atom. The van der Waals surface area contributed by atoms with Crippen molar-refractivity contribution in [1.29, 1.82) is 0 Å². The highest BCUT2D eigenvalue weighted by atomic mass is 35.5. The second kappa shape index (κ2) is 10.7. The standard InChI is InChI=1S/C22H27ClFN3O4S/c1-15(14-28)26-22(29)17-8-6-16(7-9-17)13-27(20-5-3-2-4-19(20)24)32(30,31)18-10-11-21(23)25-12-18/h6-12,15,19-20,28H,2-5,13-14H2,1H3,(H,26,29)/t15-,19?,20?/m1/s1. The van der Waals surface area contributed by atoms with Crippen LogP contribution in [-0.4, -0.2) is 53.6 Å². The molecule has 0 saturated heterocycles. The third-order valence-electron chi connectivity index (χ3n) is 5.53. The zero-order valence-electron chi connectivity index (χ0n) is 17.7. The molecule has 174 valence electrons. The zero-order valence-corrected chi connectivity index (χ0v) is 19.3. The van der Waals surface area contributed by atoms with Gasteiger partial charge in [-0.2, -0.15) is 4.31 Å². The Labute approximate surface area is 192 Å². The number of nitrogens with one attached hydrogen (secondary N) is 1. The van der Waals surface area contributed by atoms with Crippen molar-refractivity contribution in [2.45, 2.75) is 62.3 Å². The van der Waals surface area contributed by atoms with Gasteiger partial charge < -0.3 is 10.4 Å². The molecule has 0 aliphatic heterocycles. The molecule has 1 aliphatic carbocycles. The molecule has 1 saturated carbocycles. The van der Waals surface area contributed by atoms with Gasteiger partial charge in [0.15, 0.2) is 0 Å². The van der Waals surface area contributed by atoms with Crippen LogP contribution in [0.2, 0.25) is 5.15 Å². The lowest BCUT2D eigenvalue weighted by Crippen LogP contribution is -2.46. The van der Waals surface area contributed by atoms with Gasteiger partial charge in [0.1, 0.15) is 16.2 Å². The summed E-state index contributed by atoms with van der Waals surface area (Å²) in [6, 6.07) is 8.05. The number of halogens is 2. The van der Waals surface area contributed by atoms with E-state index in [4.69, 9.17) is 16.7 Å². The van der Waals surface area contributed by atoms with Gasteiger partial charge in [0.2, 0.25) is 10.0 Å². The zero-order chi connectivity index (χ0) is 23.3. The molecule has 2 N–H and O–H groups in total. The van der Waals surface area contributed by atoms with Gasteiger partial charge in [-0.3, -0.25) is 4.79 Å². The van der Waals surface area contributed by atoms with Gasteiger partial charge in [-0.1, -0.05) is 36.6 Å². The molecule has 1 amide bonds. The van der Waals surface area contributed by atoms with Gasteiger partial charge in [-0.05, 0) is 49.6 Å². The van der Waals surface area contributed by atoms with Crippen LogP contribution in [0, 0.1) is 0 Å². The summed E-state index contributed by atoms with van der Waals surface area (Å²) in [5, 5.41) is 11.9. The predicted molar refractivity (Wildman–Crippen MR) is 120 cm³/mol. The Kier molecular flexibility index (Phi) is 8.21. The molecule has 3 atom stereocenters. The summed E-state index contributed by atoms with van der Waals surface area (Å²) < 4.78 is 42.8. The normalized spacial score (nSPS) is 20.2. The van der Waals surface area contributed by atoms with Crippen LogP contribution < -0.4 is 5.32 Å². The van der Waals surface area contributed by atoms with Crippen molar-refractivity contribution in [3.63, 3.8) is 0 Å². The van der Waals surface area contributed by atoms with Crippen molar-refractivity contribution in [2.75, 3.05) is 6.61 Å². The molecule has 1 heterocycles. The van der Waals surface area contributed by atoms with E-state index in [0.29, 0.717) is 24.0 Å². The van der Waals surface area contributed by atoms with Crippen LogP contribution >= 0.6 is 11.6 Å². The van der Waals surface area contributed by atoms with E-state index < -0.39 is 22.2 Å². The molecule has 10 heteroatoms. The molecule has 2 aromatic rings. The molecule has 0 bridgehead atoms. The summed E-state index contributed by atoms with van der Waals surface area (Å²) >= 11 is 5.80. The van der Waals surface area contributed by atoms with Gasteiger partial charge in [0, 0.05) is 24.3 Å². The smallest absolute Gasteiger partial charge is 0.251 e. The molecule has 1 fully saturated rings. The first-order valence-electron chi connectivity index (χ1n) is 10.5. The summed E-state index contributed by atoms with van der Waals surface area (Å²) in [5.74, 6) is -0.342. The van der Waals surface area contributed by atoms with E-state index in [-0.39, 0.29) is 35.1 Å². The number of nitrogens with zero attached hydrogens (tertiary/aromatic N) is 2. The van der Waals surface area contributed by atoms with Gasteiger partial charge in [-0.25, -0.2) is 17.8 Å². The monoisotopic (exact) mass is 483 g/mol. The van der Waals surface area contributed by atoms with E-state index in [2.05, 4.69) is 10.3 Å². The second-order valence-electron chi connectivity index (χ2n) is 7.99. The van der Waals surface area contributed by atoms with Crippen LogP contribution in [0.1, 0.15) is 48.5 Å². The first kappa shape index (κ1) is 24.6. The Morgan fingerprint density at radius 2 is 1.94 bits per heavy atom. The van der Waals surface area contributed by atoms with Gasteiger partial charge >= 0.3 is 0 Å². The minimum atomic E-state index is -4.03. The Balaban J connectivity index is 1.87. The number of aliphatic hydroxyl groups excluding tert-OH is 1. The lowest BCUT2D eigenvalue weighted by atomic mass is 9.93. The maximum absolute atomic E-state index is 14.8. The van der Waals surface area contributed by atoms with Crippen LogP contribution in [0.5, 0.6) is 0 Å². The fourth-order valence-corrected chi connectivity index (χ4v) is 5.44. The number of amides is 1. The maximum atomic E-state index is 14.8. The van der Waals surface area contributed by atoms with E-state index >= 15 is 0 Å². The fraction of sp³-hybridized carbons (Fsp3) is 0.455. The number of hydrogen-bond acceptors (Lipinski definition) is 5. The average molecular weight is 484 g/mol. The van der Waals surface area contributed by atoms with Crippen LogP contribution in [0.25, 0.3) is 0 Å². The van der Waals surface area contributed by atoms with E-state index in [1.807, 2.05) is 0 Å². The number of sulfonamides is 1. The van der Waals surface area contributed by atoms with Gasteiger partial charge in [-0.15, -0.1) is 0 Å². The van der Waals surface area contributed by atoms with Crippen molar-refractivity contribution in [3.05, 3.63) is 58.9 Å². The lowest BCUT2D eigenvalue weighted by molar-refractivity contribution is 0.0922. The molecule has 7 nitrogen and oxygen atoms in total. The number of alkyl halides is 1. The summed E-state index contributed by atoms with van der Waals surface area (Å²) in [6.45, 7) is 1.46. The Morgan fingerprint density at radius 3 is 2.53 bits per heavy atom. The molecule has 1 aromatic carbocycles. The molecule has 32 heavy (non-hydrogen) atoms. The fourth-order valence-electron chi connectivity index (χ4n) is 3.72. The topological polar surface area (TPSA) is 99.6 Å². The first-order chi connectivity index (χ1) is 15.2. The highest BCUT2D eigenvalue weighted by Crippen LogP contribution is 2.31. The lowest BCUT2D eigenvalue weighted by Gasteiger charge is -2.35. The minimum absolute atomic E-state index is 0.0367. The third-order valence-corrected chi connectivity index (χ3v) is 7.61. The van der Waals surface area contributed by atoms with Crippen LogP contribution in [0.3, 0.4) is 0 Å². The number of aliphatic hydroxyl groups is 1. The van der Waals surface area contributed by atoms with E-state index in [1.165, 1.54) is 22.6 Å². The van der Waals surface area contributed by atoms with E-state index in [9.17, 15) is 17.6 Å². The average Bonchev–Trinajstić information content (AvgIpc) is 2.78. The molecule has 0 spiro atoms. The maximum Gasteiger partial charge on any atom is 0.251 e. The number of benzene rings is 1. The van der Waals surface area contributed by atoms with Gasteiger partial charge in [0.25, 0.3) is 5.91 Å². The van der Waals surface area contributed by atoms with E-state index in [1.54, 1.807) is 31.2 Å². The molecule has 2 unspecified atom stereocenters. The second-order valence-corrected chi connectivity index (χ2v) is 10.3. The number of rotatable bonds is 8. The minimum Gasteiger partial charge on any atom is -0.394 e. The number of pyridine rings is 1. The summed E-state index contributed by atoms with van der Waals surface area (Å²) in [5.41, 5.74) is 1.01. The summed E-state index contributed by atoms with van der Waals surface area (Å²) in [4.78, 5) is 16.0. The molecule has 1 aromatic heterocycles. The molecule has 0 radical (unpaired) electrons. The molecular formula is C22H27ClFN3O4S. The number of hydrogen-bond donors (Lipinski definition) is 2. The highest BCUT2D eigenvalue weighted by Gasteiger charge is 2.38. The van der Waals surface area contributed by atoms with Crippen LogP contribution in [-0.2, 0) is 16.6 Å². The largest absolute Gasteiger partial charge is 0.394 e. The van der Waals surface area contributed by atoms with Crippen molar-refractivity contribution in [2.24, 2.45) is 0 Å². The highest BCUT2D eigenvalue weighted by molar-refractivity contribution is 7.89. The quantitative estimate of drug-likeness (QED) is 0.561. The molecular weight excluding hydrogens is 457 g/mol. The van der Waals surface area contributed by atoms with Crippen molar-refractivity contribution >= 4 is 27.5 Å². The van der Waals surface area contributed by atoms with E-state index in [0.717, 1.165) is 12.8 Å². The molecule has 1 aliphatic rings. The SMILES string of the molecule is C[C@H](CO)NC(=O)c1ccc(CN(C2CCCCC2F)S(=O)(=O)c2ccc(Cl)nc2)cc1. The number of carbonyl (C=O) groups is 1. The van der Waals surface area contributed by atoms with Crippen molar-refractivity contribution < 1.29 is 22.7 Å². The summed E-state index contributed by atoms with van der Waals surface area (Å²) in [7, 11) is -4.03. The predicted octanol–water partition coefficient (Wildman–Crippen LogP) is 3.32. The van der Waals surface area contributed by atoms with Crippen molar-refractivity contribution in [3.8, 4) is 0 Å². The summed E-state index contributed by atoms with van der Waals surface area (Å²) in [6.07, 6.45) is 2.14. The van der Waals surface area contributed by atoms with Crippen molar-refractivity contribution in [1.82, 2.24) is 14.6 Å².